The van der Waals surface area contributed by atoms with Crippen LogP contribution in [0.25, 0.3) is 6.08 Å². The molecule has 3 amide bonds. The van der Waals surface area contributed by atoms with E-state index in [0.717, 1.165) is 21.7 Å². The number of anilines is 2. The Morgan fingerprint density at radius 3 is 2.17 bits per heavy atom. The van der Waals surface area contributed by atoms with E-state index in [2.05, 4.69) is 16.0 Å². The highest BCUT2D eigenvalue weighted by Gasteiger charge is 2.18. The highest BCUT2D eigenvalue weighted by atomic mass is 35.5. The second-order valence-electron chi connectivity index (χ2n) is 9.40. The van der Waals surface area contributed by atoms with Crippen LogP contribution in [0.15, 0.2) is 108 Å². The molecule has 0 aromatic heterocycles. The molecule has 0 saturated heterocycles. The summed E-state index contributed by atoms with van der Waals surface area (Å²) in [6, 6.07) is 28.8. The summed E-state index contributed by atoms with van der Waals surface area (Å²) < 4.78 is 0. The molecule has 4 aromatic rings. The van der Waals surface area contributed by atoms with Crippen LogP contribution in [0.5, 0.6) is 0 Å². The SMILES string of the molecule is Cc1cccc(C)c1NC(=O)C(C)Sc1cccc(NC(=O)/C(=C\c2ccccc2Cl)NC(=O)c2ccccc2)c1. The van der Waals surface area contributed by atoms with Crippen LogP contribution in [-0.2, 0) is 9.59 Å². The normalized spacial score (nSPS) is 11.9. The maximum atomic E-state index is 13.4. The molecule has 3 N–H and O–H groups in total. The third-order valence-electron chi connectivity index (χ3n) is 6.24. The molecule has 4 aromatic carbocycles. The second kappa shape index (κ2) is 13.8. The van der Waals surface area contributed by atoms with Crippen molar-refractivity contribution in [3.8, 4) is 0 Å². The highest BCUT2D eigenvalue weighted by Crippen LogP contribution is 2.28. The number of hydrogen-bond donors (Lipinski definition) is 3. The van der Waals surface area contributed by atoms with Crippen LogP contribution in [-0.4, -0.2) is 23.0 Å². The number of para-hydroxylation sites is 1. The number of amides is 3. The molecular weight excluding hydrogens is 554 g/mol. The van der Waals surface area contributed by atoms with Crippen molar-refractivity contribution in [1.82, 2.24) is 5.32 Å². The van der Waals surface area contributed by atoms with Crippen molar-refractivity contribution in [1.29, 1.82) is 0 Å². The Hall–Kier alpha value is -4.33. The molecule has 0 heterocycles. The van der Waals surface area contributed by atoms with Crippen molar-refractivity contribution < 1.29 is 14.4 Å². The van der Waals surface area contributed by atoms with E-state index in [4.69, 9.17) is 11.6 Å². The minimum atomic E-state index is -0.517. The van der Waals surface area contributed by atoms with Crippen LogP contribution in [0.2, 0.25) is 5.02 Å². The van der Waals surface area contributed by atoms with Gasteiger partial charge in [-0.3, -0.25) is 14.4 Å². The Bertz CT molecular complexity index is 1580. The third-order valence-corrected chi connectivity index (χ3v) is 7.68. The summed E-state index contributed by atoms with van der Waals surface area (Å²) >= 11 is 7.70. The quantitative estimate of drug-likeness (QED) is 0.141. The number of halogens is 1. The van der Waals surface area contributed by atoms with Crippen LogP contribution in [0.1, 0.15) is 34.0 Å². The molecule has 0 spiro atoms. The summed E-state index contributed by atoms with van der Waals surface area (Å²) in [7, 11) is 0. The van der Waals surface area contributed by atoms with Crippen LogP contribution >= 0.6 is 23.4 Å². The van der Waals surface area contributed by atoms with Gasteiger partial charge in [0.25, 0.3) is 11.8 Å². The molecule has 41 heavy (non-hydrogen) atoms. The zero-order valence-electron chi connectivity index (χ0n) is 22.9. The fourth-order valence-corrected chi connectivity index (χ4v) is 5.15. The first-order valence-electron chi connectivity index (χ1n) is 13.0. The molecule has 1 unspecified atom stereocenters. The van der Waals surface area contributed by atoms with Crippen molar-refractivity contribution in [3.63, 3.8) is 0 Å². The van der Waals surface area contributed by atoms with E-state index in [1.807, 2.05) is 51.1 Å². The van der Waals surface area contributed by atoms with Crippen LogP contribution < -0.4 is 16.0 Å². The molecule has 0 saturated carbocycles. The fourth-order valence-electron chi connectivity index (χ4n) is 4.03. The van der Waals surface area contributed by atoms with E-state index in [9.17, 15) is 14.4 Å². The molecule has 0 fully saturated rings. The summed E-state index contributed by atoms with van der Waals surface area (Å²) in [5, 5.41) is 8.66. The largest absolute Gasteiger partial charge is 0.325 e. The number of hydrogen-bond acceptors (Lipinski definition) is 4. The topological polar surface area (TPSA) is 87.3 Å². The van der Waals surface area contributed by atoms with Crippen LogP contribution in [0.3, 0.4) is 0 Å². The van der Waals surface area contributed by atoms with Gasteiger partial charge in [0.2, 0.25) is 5.91 Å². The molecule has 0 radical (unpaired) electrons. The molecule has 0 aliphatic heterocycles. The minimum absolute atomic E-state index is 0.0337. The first kappa shape index (κ1) is 29.6. The number of benzene rings is 4. The zero-order valence-corrected chi connectivity index (χ0v) is 24.5. The molecule has 8 heteroatoms. The second-order valence-corrected chi connectivity index (χ2v) is 11.2. The van der Waals surface area contributed by atoms with Crippen molar-refractivity contribution in [2.75, 3.05) is 10.6 Å². The molecule has 6 nitrogen and oxygen atoms in total. The van der Waals surface area contributed by atoms with Gasteiger partial charge in [0, 0.05) is 26.9 Å². The predicted molar refractivity (Wildman–Crippen MR) is 168 cm³/mol. The predicted octanol–water partition coefficient (Wildman–Crippen LogP) is 7.49. The number of carbonyl (C=O) groups is 3. The van der Waals surface area contributed by atoms with E-state index in [1.54, 1.807) is 66.7 Å². The Kier molecular flexibility index (Phi) is 10.0. The van der Waals surface area contributed by atoms with Gasteiger partial charge in [-0.15, -0.1) is 11.8 Å². The van der Waals surface area contributed by atoms with Gasteiger partial charge in [-0.1, -0.05) is 72.3 Å². The lowest BCUT2D eigenvalue weighted by molar-refractivity contribution is -0.115. The lowest BCUT2D eigenvalue weighted by atomic mass is 10.1. The minimum Gasteiger partial charge on any atom is -0.325 e. The molecule has 0 aliphatic carbocycles. The Morgan fingerprint density at radius 1 is 0.805 bits per heavy atom. The van der Waals surface area contributed by atoms with Gasteiger partial charge >= 0.3 is 0 Å². The maximum absolute atomic E-state index is 13.4. The van der Waals surface area contributed by atoms with Crippen molar-refractivity contribution in [2.45, 2.75) is 30.9 Å². The summed E-state index contributed by atoms with van der Waals surface area (Å²) in [6.45, 7) is 5.76. The van der Waals surface area contributed by atoms with Gasteiger partial charge in [-0.25, -0.2) is 0 Å². The lowest BCUT2D eigenvalue weighted by Crippen LogP contribution is -2.30. The van der Waals surface area contributed by atoms with Crippen molar-refractivity contribution >= 4 is 58.5 Å². The highest BCUT2D eigenvalue weighted by molar-refractivity contribution is 8.00. The summed E-state index contributed by atoms with van der Waals surface area (Å²) in [4.78, 5) is 40.0. The molecule has 4 rings (SSSR count). The van der Waals surface area contributed by atoms with E-state index < -0.39 is 11.8 Å². The average molecular weight is 584 g/mol. The van der Waals surface area contributed by atoms with E-state index in [-0.39, 0.29) is 16.9 Å². The maximum Gasteiger partial charge on any atom is 0.272 e. The third kappa shape index (κ3) is 8.10. The first-order chi connectivity index (χ1) is 19.7. The Labute approximate surface area is 249 Å². The number of thioether (sulfide) groups is 1. The van der Waals surface area contributed by atoms with Crippen LogP contribution in [0.4, 0.5) is 11.4 Å². The smallest absolute Gasteiger partial charge is 0.272 e. The number of carbonyl (C=O) groups excluding carboxylic acids is 3. The Morgan fingerprint density at radius 2 is 1.46 bits per heavy atom. The number of rotatable bonds is 9. The fraction of sp³-hybridized carbons (Fsp3) is 0.121. The van der Waals surface area contributed by atoms with Gasteiger partial charge in [0.05, 0.1) is 5.25 Å². The van der Waals surface area contributed by atoms with Gasteiger partial charge in [0.1, 0.15) is 5.70 Å². The van der Waals surface area contributed by atoms with Crippen LogP contribution in [0, 0.1) is 13.8 Å². The number of nitrogens with one attached hydrogen (secondary N) is 3. The molecule has 0 aliphatic rings. The van der Waals surface area contributed by atoms with Gasteiger partial charge < -0.3 is 16.0 Å². The average Bonchev–Trinajstić information content (AvgIpc) is 2.96. The molecular formula is C33H30ClN3O3S. The molecule has 1 atom stereocenters. The standard InChI is InChI=1S/C33H30ClN3O3S/c1-21-11-9-12-22(2)30(21)37-31(38)23(3)41-27-17-10-16-26(20-27)35-33(40)29(19-25-15-7-8-18-28(25)34)36-32(39)24-13-5-4-6-14-24/h4-20,23H,1-3H3,(H,35,40)(H,36,39)(H,37,38)/b29-19+. The first-order valence-corrected chi connectivity index (χ1v) is 14.2. The van der Waals surface area contributed by atoms with E-state index in [0.29, 0.717) is 21.8 Å². The lowest BCUT2D eigenvalue weighted by Gasteiger charge is -2.16. The van der Waals surface area contributed by atoms with Crippen molar-refractivity contribution in [2.24, 2.45) is 0 Å². The van der Waals surface area contributed by atoms with E-state index in [1.165, 1.54) is 17.8 Å². The summed E-state index contributed by atoms with van der Waals surface area (Å²) in [5.74, 6) is -1.06. The van der Waals surface area contributed by atoms with Crippen molar-refractivity contribution in [3.05, 3.63) is 130 Å². The van der Waals surface area contributed by atoms with Gasteiger partial charge in [-0.2, -0.15) is 0 Å². The monoisotopic (exact) mass is 583 g/mol. The molecule has 208 valence electrons. The Balaban J connectivity index is 1.49. The van der Waals surface area contributed by atoms with Gasteiger partial charge in [0.15, 0.2) is 0 Å². The summed E-state index contributed by atoms with van der Waals surface area (Å²) in [6.07, 6.45) is 1.54. The molecule has 0 bridgehead atoms. The van der Waals surface area contributed by atoms with E-state index >= 15 is 0 Å². The summed E-state index contributed by atoms with van der Waals surface area (Å²) in [5.41, 5.74) is 4.37. The zero-order chi connectivity index (χ0) is 29.4. The number of aryl methyl sites for hydroxylation is 2. The van der Waals surface area contributed by atoms with Gasteiger partial charge in [-0.05, 0) is 79.9 Å².